The predicted molar refractivity (Wildman–Crippen MR) is 81.8 cm³/mol. The summed E-state index contributed by atoms with van der Waals surface area (Å²) < 4.78 is 2.12. The van der Waals surface area contributed by atoms with Gasteiger partial charge in [-0.25, -0.2) is 0 Å². The maximum Gasteiger partial charge on any atom is 0.303 e. The monoisotopic (exact) mass is 291 g/mol. The Morgan fingerprint density at radius 1 is 1.29 bits per heavy atom. The average Bonchev–Trinajstić information content (AvgIpc) is 2.69. The fourth-order valence-corrected chi connectivity index (χ4v) is 3.59. The predicted octanol–water partition coefficient (Wildman–Crippen LogP) is 3.51. The lowest BCUT2D eigenvalue weighted by molar-refractivity contribution is -0.136. The summed E-state index contributed by atoms with van der Waals surface area (Å²) in [5.74, 6) is -0.142. The largest absolute Gasteiger partial charge is 0.481 e. The van der Waals surface area contributed by atoms with Crippen LogP contribution in [0.25, 0.3) is 0 Å². The number of carboxylic acids is 1. The molecule has 1 fully saturated rings. The molecule has 21 heavy (non-hydrogen) atoms. The Bertz CT molecular complexity index is 525. The molecule has 0 amide bonds. The summed E-state index contributed by atoms with van der Waals surface area (Å²) in [4.78, 5) is 22.3. The van der Waals surface area contributed by atoms with Gasteiger partial charge in [-0.05, 0) is 50.2 Å². The van der Waals surface area contributed by atoms with Crippen LogP contribution in [0.5, 0.6) is 0 Å². The lowest BCUT2D eigenvalue weighted by Gasteiger charge is -2.23. The standard InChI is InChI=1S/C17H25NO3/c1-12-15(8-9-17(20)21)13(2)18(16(12)11-19)10-14-6-4-3-5-7-14/h11,14H,3-10H2,1-2H3,(H,20,21). The van der Waals surface area contributed by atoms with Crippen molar-refractivity contribution in [3.8, 4) is 0 Å². The summed E-state index contributed by atoms with van der Waals surface area (Å²) in [6.07, 6.45) is 7.91. The van der Waals surface area contributed by atoms with Gasteiger partial charge >= 0.3 is 5.97 Å². The molecule has 1 N–H and O–H groups in total. The molecule has 0 radical (unpaired) electrons. The molecule has 0 aliphatic heterocycles. The highest BCUT2D eigenvalue weighted by Crippen LogP contribution is 2.29. The molecule has 1 aromatic rings. The zero-order valence-corrected chi connectivity index (χ0v) is 13.0. The highest BCUT2D eigenvalue weighted by Gasteiger charge is 2.21. The molecular weight excluding hydrogens is 266 g/mol. The van der Waals surface area contributed by atoms with Gasteiger partial charge in [-0.1, -0.05) is 19.3 Å². The van der Waals surface area contributed by atoms with Gasteiger partial charge in [0.25, 0.3) is 0 Å². The summed E-state index contributed by atoms with van der Waals surface area (Å²) in [6.45, 7) is 4.85. The molecule has 4 heteroatoms. The second-order valence-corrected chi connectivity index (χ2v) is 6.20. The van der Waals surface area contributed by atoms with Crippen molar-refractivity contribution in [1.29, 1.82) is 0 Å². The number of rotatable bonds is 6. The molecule has 0 atom stereocenters. The fraction of sp³-hybridized carbons (Fsp3) is 0.647. The van der Waals surface area contributed by atoms with Gasteiger partial charge in [0, 0.05) is 18.7 Å². The molecule has 116 valence electrons. The molecule has 2 rings (SSSR count). The minimum atomic E-state index is -0.790. The van der Waals surface area contributed by atoms with Gasteiger partial charge < -0.3 is 9.67 Å². The Hall–Kier alpha value is -1.58. The van der Waals surface area contributed by atoms with E-state index in [1.807, 2.05) is 13.8 Å². The van der Waals surface area contributed by atoms with E-state index in [4.69, 9.17) is 5.11 Å². The number of carbonyl (C=O) groups is 2. The highest BCUT2D eigenvalue weighted by molar-refractivity contribution is 5.77. The molecule has 1 heterocycles. The third-order valence-corrected chi connectivity index (χ3v) is 4.84. The van der Waals surface area contributed by atoms with Gasteiger partial charge in [-0.15, -0.1) is 0 Å². The van der Waals surface area contributed by atoms with Crippen LogP contribution >= 0.6 is 0 Å². The van der Waals surface area contributed by atoms with Crippen molar-refractivity contribution in [3.05, 3.63) is 22.5 Å². The van der Waals surface area contributed by atoms with Gasteiger partial charge in [-0.2, -0.15) is 0 Å². The van der Waals surface area contributed by atoms with Crippen LogP contribution in [0.15, 0.2) is 0 Å². The molecular formula is C17H25NO3. The van der Waals surface area contributed by atoms with Crippen molar-refractivity contribution in [2.75, 3.05) is 0 Å². The number of aldehydes is 1. The quantitative estimate of drug-likeness (QED) is 0.816. The smallest absolute Gasteiger partial charge is 0.303 e. The summed E-state index contributed by atoms with van der Waals surface area (Å²) in [6, 6.07) is 0. The Kier molecular flexibility index (Phi) is 5.21. The van der Waals surface area contributed by atoms with Crippen LogP contribution in [-0.4, -0.2) is 21.9 Å². The Morgan fingerprint density at radius 3 is 2.52 bits per heavy atom. The zero-order chi connectivity index (χ0) is 15.4. The Balaban J connectivity index is 2.24. The number of hydrogen-bond acceptors (Lipinski definition) is 2. The number of carboxylic acid groups (broad SMARTS) is 1. The second-order valence-electron chi connectivity index (χ2n) is 6.20. The van der Waals surface area contributed by atoms with Crippen LogP contribution in [0.3, 0.4) is 0 Å². The molecule has 1 saturated carbocycles. The first-order valence-electron chi connectivity index (χ1n) is 7.90. The minimum Gasteiger partial charge on any atom is -0.481 e. The van der Waals surface area contributed by atoms with Gasteiger partial charge in [0.2, 0.25) is 0 Å². The first-order chi connectivity index (χ1) is 10.0. The van der Waals surface area contributed by atoms with E-state index in [0.29, 0.717) is 12.3 Å². The van der Waals surface area contributed by atoms with Crippen molar-refractivity contribution < 1.29 is 14.7 Å². The van der Waals surface area contributed by atoms with Crippen LogP contribution in [0.2, 0.25) is 0 Å². The Labute approximate surface area is 126 Å². The molecule has 0 bridgehead atoms. The van der Waals surface area contributed by atoms with E-state index in [1.54, 1.807) is 0 Å². The molecule has 1 aliphatic carbocycles. The van der Waals surface area contributed by atoms with Crippen molar-refractivity contribution in [3.63, 3.8) is 0 Å². The van der Waals surface area contributed by atoms with E-state index in [-0.39, 0.29) is 6.42 Å². The maximum absolute atomic E-state index is 11.5. The van der Waals surface area contributed by atoms with E-state index in [1.165, 1.54) is 32.1 Å². The lowest BCUT2D eigenvalue weighted by Crippen LogP contribution is -2.16. The average molecular weight is 291 g/mol. The summed E-state index contributed by atoms with van der Waals surface area (Å²) in [7, 11) is 0. The van der Waals surface area contributed by atoms with E-state index in [0.717, 1.165) is 35.3 Å². The molecule has 1 aromatic heterocycles. The fourth-order valence-electron chi connectivity index (χ4n) is 3.59. The van der Waals surface area contributed by atoms with Crippen LogP contribution in [-0.2, 0) is 17.8 Å². The lowest BCUT2D eigenvalue weighted by atomic mass is 9.89. The van der Waals surface area contributed by atoms with Crippen molar-refractivity contribution >= 4 is 12.3 Å². The molecule has 0 unspecified atom stereocenters. The topological polar surface area (TPSA) is 59.3 Å². The van der Waals surface area contributed by atoms with Gasteiger partial charge in [-0.3, -0.25) is 9.59 Å². The van der Waals surface area contributed by atoms with E-state index in [9.17, 15) is 9.59 Å². The summed E-state index contributed by atoms with van der Waals surface area (Å²) in [5, 5.41) is 8.87. The molecule has 4 nitrogen and oxygen atoms in total. The first-order valence-corrected chi connectivity index (χ1v) is 7.90. The third kappa shape index (κ3) is 3.55. The van der Waals surface area contributed by atoms with E-state index in [2.05, 4.69) is 4.57 Å². The van der Waals surface area contributed by atoms with Crippen LogP contribution in [0.4, 0.5) is 0 Å². The number of aromatic nitrogens is 1. The number of hydrogen-bond donors (Lipinski definition) is 1. The molecule has 0 saturated heterocycles. The van der Waals surface area contributed by atoms with Crippen molar-refractivity contribution in [2.24, 2.45) is 5.92 Å². The molecule has 0 aromatic carbocycles. The normalized spacial score (nSPS) is 16.1. The first kappa shape index (κ1) is 15.8. The molecule has 1 aliphatic rings. The van der Waals surface area contributed by atoms with Crippen molar-refractivity contribution in [1.82, 2.24) is 4.57 Å². The number of nitrogens with zero attached hydrogens (tertiary/aromatic N) is 1. The van der Waals surface area contributed by atoms with Crippen LogP contribution in [0.1, 0.15) is 65.8 Å². The maximum atomic E-state index is 11.5. The van der Waals surface area contributed by atoms with Crippen LogP contribution < -0.4 is 0 Å². The van der Waals surface area contributed by atoms with E-state index >= 15 is 0 Å². The summed E-state index contributed by atoms with van der Waals surface area (Å²) >= 11 is 0. The van der Waals surface area contributed by atoms with Crippen LogP contribution in [0, 0.1) is 19.8 Å². The highest BCUT2D eigenvalue weighted by atomic mass is 16.4. The third-order valence-electron chi connectivity index (χ3n) is 4.84. The van der Waals surface area contributed by atoms with Gasteiger partial charge in [0.15, 0.2) is 6.29 Å². The SMILES string of the molecule is Cc1c(CCC(=O)O)c(C)n(CC2CCCCC2)c1C=O. The number of aliphatic carboxylic acids is 1. The molecule has 0 spiro atoms. The minimum absolute atomic E-state index is 0.118. The number of carbonyl (C=O) groups excluding carboxylic acids is 1. The van der Waals surface area contributed by atoms with E-state index < -0.39 is 5.97 Å². The van der Waals surface area contributed by atoms with Gasteiger partial charge in [0.05, 0.1) is 5.69 Å². The second kappa shape index (κ2) is 6.92. The van der Waals surface area contributed by atoms with Crippen molar-refractivity contribution in [2.45, 2.75) is 65.3 Å². The summed E-state index contributed by atoms with van der Waals surface area (Å²) in [5.41, 5.74) is 3.80. The zero-order valence-electron chi connectivity index (χ0n) is 13.0. The van der Waals surface area contributed by atoms with Gasteiger partial charge in [0.1, 0.15) is 0 Å². The Morgan fingerprint density at radius 2 is 1.95 bits per heavy atom.